The van der Waals surface area contributed by atoms with E-state index in [0.29, 0.717) is 30.9 Å². The number of aliphatic imine (C=N–C) groups is 1. The first-order valence-electron chi connectivity index (χ1n) is 7.90. The summed E-state index contributed by atoms with van der Waals surface area (Å²) in [7, 11) is 3.32. The molecule has 0 aromatic heterocycles. The van der Waals surface area contributed by atoms with Crippen LogP contribution in [0.4, 0.5) is 4.39 Å². The van der Waals surface area contributed by atoms with Gasteiger partial charge in [0.1, 0.15) is 12.4 Å². The van der Waals surface area contributed by atoms with Crippen molar-refractivity contribution >= 4 is 56.4 Å². The molecule has 2 aromatic carbocycles. The van der Waals surface area contributed by atoms with Crippen molar-refractivity contribution in [2.75, 3.05) is 14.1 Å². The van der Waals surface area contributed by atoms with Gasteiger partial charge in [0.25, 0.3) is 5.91 Å². The molecule has 0 saturated carbocycles. The van der Waals surface area contributed by atoms with Crippen LogP contribution >= 0.6 is 39.3 Å². The Morgan fingerprint density at radius 1 is 1.37 bits per heavy atom. The van der Waals surface area contributed by atoms with Crippen LogP contribution in [0.2, 0.25) is 5.02 Å². The molecule has 140 valence electrons. The van der Waals surface area contributed by atoms with Crippen molar-refractivity contribution < 1.29 is 13.9 Å². The second kappa shape index (κ2) is 8.46. The van der Waals surface area contributed by atoms with E-state index in [-0.39, 0.29) is 18.3 Å². The molecule has 1 fully saturated rings. The van der Waals surface area contributed by atoms with Crippen molar-refractivity contribution in [3.05, 3.63) is 67.7 Å². The van der Waals surface area contributed by atoms with Crippen LogP contribution in [0.25, 0.3) is 6.08 Å². The van der Waals surface area contributed by atoms with Crippen LogP contribution in [0.3, 0.4) is 0 Å². The highest BCUT2D eigenvalue weighted by atomic mass is 79.9. The van der Waals surface area contributed by atoms with Crippen LogP contribution in [-0.4, -0.2) is 30.1 Å². The number of carbonyl (C=O) groups excluding carboxylic acids is 1. The molecule has 0 atom stereocenters. The third-order valence-electron chi connectivity index (χ3n) is 3.84. The Morgan fingerprint density at radius 2 is 2.11 bits per heavy atom. The Balaban J connectivity index is 1.82. The third kappa shape index (κ3) is 4.36. The molecule has 0 bridgehead atoms. The minimum atomic E-state index is -0.333. The van der Waals surface area contributed by atoms with Crippen LogP contribution in [0.1, 0.15) is 11.1 Å². The first-order valence-corrected chi connectivity index (χ1v) is 9.89. The fourth-order valence-electron chi connectivity index (χ4n) is 2.47. The number of carbonyl (C=O) groups is 1. The topological polar surface area (TPSA) is 41.9 Å². The molecule has 4 nitrogen and oxygen atoms in total. The average molecular weight is 470 g/mol. The third-order valence-corrected chi connectivity index (χ3v) is 5.86. The first-order chi connectivity index (χ1) is 12.9. The number of amidine groups is 1. The fourth-order valence-corrected chi connectivity index (χ4v) is 4.38. The van der Waals surface area contributed by atoms with E-state index < -0.39 is 0 Å². The van der Waals surface area contributed by atoms with Crippen LogP contribution < -0.4 is 4.74 Å². The van der Waals surface area contributed by atoms with Gasteiger partial charge < -0.3 is 4.74 Å². The van der Waals surface area contributed by atoms with E-state index in [4.69, 9.17) is 16.3 Å². The number of hydrogen-bond acceptors (Lipinski definition) is 4. The summed E-state index contributed by atoms with van der Waals surface area (Å²) in [6, 6.07) is 9.90. The standard InChI is InChI=1S/C19H15BrClFN2O2S/c1-23-19-24(2)18(25)16(27-19)9-11-7-13(20)17(14(21)8-11)26-10-12-5-3-4-6-15(12)22/h3-9H,10H2,1-2H3/b16-9+,23-19?. The molecule has 1 heterocycles. The lowest BCUT2D eigenvalue weighted by molar-refractivity contribution is -0.121. The molecule has 2 aromatic rings. The van der Waals surface area contributed by atoms with E-state index in [9.17, 15) is 9.18 Å². The lowest BCUT2D eigenvalue weighted by Gasteiger charge is -2.12. The van der Waals surface area contributed by atoms with Gasteiger partial charge in [0, 0.05) is 19.7 Å². The number of hydrogen-bond donors (Lipinski definition) is 0. The van der Waals surface area contributed by atoms with E-state index in [1.54, 1.807) is 50.5 Å². The summed E-state index contributed by atoms with van der Waals surface area (Å²) >= 11 is 11.1. The van der Waals surface area contributed by atoms with Crippen LogP contribution in [0.5, 0.6) is 5.75 Å². The average Bonchev–Trinajstić information content (AvgIpc) is 2.90. The summed E-state index contributed by atoms with van der Waals surface area (Å²) in [5.41, 5.74) is 1.18. The van der Waals surface area contributed by atoms with Gasteiger partial charge in [-0.3, -0.25) is 14.7 Å². The predicted molar refractivity (Wildman–Crippen MR) is 112 cm³/mol. The van der Waals surface area contributed by atoms with Gasteiger partial charge in [-0.1, -0.05) is 29.8 Å². The van der Waals surface area contributed by atoms with Crippen molar-refractivity contribution in [2.45, 2.75) is 6.61 Å². The van der Waals surface area contributed by atoms with E-state index in [2.05, 4.69) is 20.9 Å². The lowest BCUT2D eigenvalue weighted by Crippen LogP contribution is -2.23. The van der Waals surface area contributed by atoms with Crippen LogP contribution in [-0.2, 0) is 11.4 Å². The second-order valence-electron chi connectivity index (χ2n) is 5.67. The van der Waals surface area contributed by atoms with Crippen molar-refractivity contribution in [1.82, 2.24) is 4.90 Å². The quantitative estimate of drug-likeness (QED) is 0.567. The van der Waals surface area contributed by atoms with Crippen molar-refractivity contribution in [2.24, 2.45) is 4.99 Å². The number of benzene rings is 2. The van der Waals surface area contributed by atoms with Gasteiger partial charge in [-0.15, -0.1) is 0 Å². The van der Waals surface area contributed by atoms with Crippen LogP contribution in [0.15, 0.2) is 50.8 Å². The Bertz CT molecular complexity index is 941. The molecule has 3 rings (SSSR count). The molecule has 8 heteroatoms. The van der Waals surface area contributed by atoms with Crippen LogP contribution in [0, 0.1) is 5.82 Å². The highest BCUT2D eigenvalue weighted by Gasteiger charge is 2.29. The fraction of sp³-hybridized carbons (Fsp3) is 0.158. The lowest BCUT2D eigenvalue weighted by atomic mass is 10.2. The number of thioether (sulfide) groups is 1. The molecule has 1 aliphatic heterocycles. The van der Waals surface area contributed by atoms with Crippen molar-refractivity contribution in [1.29, 1.82) is 0 Å². The number of ether oxygens (including phenoxy) is 1. The van der Waals surface area contributed by atoms with E-state index in [1.165, 1.54) is 22.7 Å². The predicted octanol–water partition coefficient (Wildman–Crippen LogP) is 5.35. The minimum Gasteiger partial charge on any atom is -0.486 e. The van der Waals surface area contributed by atoms with E-state index >= 15 is 0 Å². The Morgan fingerprint density at radius 3 is 2.74 bits per heavy atom. The summed E-state index contributed by atoms with van der Waals surface area (Å²) in [4.78, 5) is 18.4. The highest BCUT2D eigenvalue weighted by molar-refractivity contribution is 9.10. The molecule has 0 radical (unpaired) electrons. The summed E-state index contributed by atoms with van der Waals surface area (Å²) in [6.07, 6.45) is 1.75. The van der Waals surface area contributed by atoms with Gasteiger partial charge >= 0.3 is 0 Å². The summed E-state index contributed by atoms with van der Waals surface area (Å²) in [5, 5.41) is 1.00. The second-order valence-corrected chi connectivity index (χ2v) is 7.95. The highest BCUT2D eigenvalue weighted by Crippen LogP contribution is 2.37. The molecule has 1 amide bonds. The van der Waals surface area contributed by atoms with Gasteiger partial charge in [-0.25, -0.2) is 4.39 Å². The Kier molecular flexibility index (Phi) is 6.24. The molecular weight excluding hydrogens is 455 g/mol. The Labute approximate surface area is 174 Å². The largest absolute Gasteiger partial charge is 0.486 e. The molecular formula is C19H15BrClFN2O2S. The SMILES string of the molecule is CN=C1S/C(=C/c2cc(Cl)c(OCc3ccccc3F)c(Br)c2)C(=O)N1C. The van der Waals surface area contributed by atoms with Gasteiger partial charge in [0.15, 0.2) is 10.9 Å². The summed E-state index contributed by atoms with van der Waals surface area (Å²) in [6.45, 7) is 0.0564. The summed E-state index contributed by atoms with van der Waals surface area (Å²) < 4.78 is 20.0. The minimum absolute atomic E-state index is 0.0564. The molecule has 1 aliphatic rings. The van der Waals surface area contributed by atoms with Gasteiger partial charge in [0.05, 0.1) is 14.4 Å². The number of likely N-dealkylation sites (N-methyl/N-ethyl adjacent to an activating group) is 1. The molecule has 27 heavy (non-hydrogen) atoms. The molecule has 1 saturated heterocycles. The van der Waals surface area contributed by atoms with Gasteiger partial charge in [0.2, 0.25) is 0 Å². The number of rotatable bonds is 4. The smallest absolute Gasteiger partial charge is 0.266 e. The van der Waals surface area contributed by atoms with E-state index in [1.807, 2.05) is 0 Å². The maximum Gasteiger partial charge on any atom is 0.266 e. The molecule has 0 N–H and O–H groups in total. The molecule has 0 unspecified atom stereocenters. The monoisotopic (exact) mass is 468 g/mol. The summed E-state index contributed by atoms with van der Waals surface area (Å²) in [5.74, 6) is -0.0338. The first kappa shape index (κ1) is 19.9. The molecule has 0 spiro atoms. The zero-order valence-electron chi connectivity index (χ0n) is 14.5. The Hall–Kier alpha value is -1.83. The number of halogens is 3. The zero-order chi connectivity index (χ0) is 19.6. The van der Waals surface area contributed by atoms with E-state index in [0.717, 1.165) is 5.56 Å². The maximum absolute atomic E-state index is 13.7. The maximum atomic E-state index is 13.7. The van der Waals surface area contributed by atoms with Gasteiger partial charge in [-0.2, -0.15) is 0 Å². The van der Waals surface area contributed by atoms with Gasteiger partial charge in [-0.05, 0) is 57.5 Å². The normalized spacial score (nSPS) is 17.2. The van der Waals surface area contributed by atoms with Crippen molar-refractivity contribution in [3.8, 4) is 5.75 Å². The zero-order valence-corrected chi connectivity index (χ0v) is 17.7. The van der Waals surface area contributed by atoms with Crippen molar-refractivity contribution in [3.63, 3.8) is 0 Å². The number of amides is 1. The number of nitrogens with zero attached hydrogens (tertiary/aromatic N) is 2. The molecule has 0 aliphatic carbocycles.